The zero-order valence-electron chi connectivity index (χ0n) is 19.7. The highest BCUT2D eigenvalue weighted by molar-refractivity contribution is 5.98. The van der Waals surface area contributed by atoms with E-state index >= 15 is 0 Å². The minimum absolute atomic E-state index is 0.177. The molecule has 0 saturated heterocycles. The Hall–Kier alpha value is -3.58. The molecule has 2 aromatic carbocycles. The van der Waals surface area contributed by atoms with Gasteiger partial charge in [-0.2, -0.15) is 18.4 Å². The third kappa shape index (κ3) is 6.34. The Morgan fingerprint density at radius 1 is 1.14 bits per heavy atom. The standard InChI is InChI=1S/C26H27F3N2O5/c1-35-23(32)16-36-22-10-6-5-7-17(22)14-25(34,19-8-3-2-4-9-19)24(33)31-20-12-11-18(15-30)21(13-20)26(27,28)29/h5-7,10-13,19,34H,2-4,8-9,14,16H2,1H3,(H,31,33). The number of hydrogen-bond donors (Lipinski definition) is 2. The number of esters is 1. The van der Waals surface area contributed by atoms with Crippen LogP contribution in [0, 0.1) is 17.2 Å². The van der Waals surface area contributed by atoms with Crippen molar-refractivity contribution in [2.24, 2.45) is 5.92 Å². The summed E-state index contributed by atoms with van der Waals surface area (Å²) in [6.07, 6.45) is -1.28. The van der Waals surface area contributed by atoms with Crippen LogP contribution in [0.2, 0.25) is 0 Å². The monoisotopic (exact) mass is 504 g/mol. The number of nitrogens with zero attached hydrogens (tertiary/aromatic N) is 1. The summed E-state index contributed by atoms with van der Waals surface area (Å²) in [5.41, 5.74) is -3.43. The van der Waals surface area contributed by atoms with Crippen LogP contribution in [0.1, 0.15) is 48.8 Å². The number of aliphatic hydroxyl groups is 1. The van der Waals surface area contributed by atoms with E-state index < -0.39 is 40.7 Å². The Kier molecular flexibility index (Phi) is 8.58. The summed E-state index contributed by atoms with van der Waals surface area (Å²) in [4.78, 5) is 25.0. The number of halogens is 3. The van der Waals surface area contributed by atoms with Crippen LogP contribution < -0.4 is 10.1 Å². The predicted molar refractivity (Wildman–Crippen MR) is 124 cm³/mol. The lowest BCUT2D eigenvalue weighted by Gasteiger charge is -2.37. The van der Waals surface area contributed by atoms with Crippen molar-refractivity contribution in [2.45, 2.75) is 50.3 Å². The number of anilines is 1. The van der Waals surface area contributed by atoms with E-state index in [1.165, 1.54) is 19.2 Å². The predicted octanol–water partition coefficient (Wildman–Crippen LogP) is 4.62. The number of amides is 1. The molecule has 10 heteroatoms. The summed E-state index contributed by atoms with van der Waals surface area (Å²) in [5.74, 6) is -1.62. The molecule has 7 nitrogen and oxygen atoms in total. The molecule has 2 aromatic rings. The Morgan fingerprint density at radius 2 is 1.83 bits per heavy atom. The van der Waals surface area contributed by atoms with Crippen molar-refractivity contribution < 1.29 is 37.3 Å². The number of nitrogens with one attached hydrogen (secondary N) is 1. The van der Waals surface area contributed by atoms with Crippen LogP contribution >= 0.6 is 0 Å². The minimum atomic E-state index is -4.79. The lowest BCUT2D eigenvalue weighted by Crippen LogP contribution is -2.51. The number of alkyl halides is 3. The third-order valence-electron chi connectivity index (χ3n) is 6.38. The average molecular weight is 505 g/mol. The van der Waals surface area contributed by atoms with E-state index in [2.05, 4.69) is 10.1 Å². The summed E-state index contributed by atoms with van der Waals surface area (Å²) in [5, 5.41) is 23.2. The van der Waals surface area contributed by atoms with Gasteiger partial charge in [-0.05, 0) is 48.6 Å². The van der Waals surface area contributed by atoms with Gasteiger partial charge in [-0.25, -0.2) is 4.79 Å². The second-order valence-electron chi connectivity index (χ2n) is 8.73. The zero-order chi connectivity index (χ0) is 26.3. The van der Waals surface area contributed by atoms with Crippen molar-refractivity contribution in [1.82, 2.24) is 0 Å². The Bertz CT molecular complexity index is 1140. The van der Waals surface area contributed by atoms with E-state index in [9.17, 15) is 27.9 Å². The Balaban J connectivity index is 1.93. The average Bonchev–Trinajstić information content (AvgIpc) is 2.87. The summed E-state index contributed by atoms with van der Waals surface area (Å²) in [7, 11) is 1.22. The Labute approximate surface area is 206 Å². The van der Waals surface area contributed by atoms with Crippen molar-refractivity contribution in [3.8, 4) is 11.8 Å². The molecule has 1 saturated carbocycles. The maximum atomic E-state index is 13.5. The van der Waals surface area contributed by atoms with Gasteiger partial charge in [-0.3, -0.25) is 4.79 Å². The van der Waals surface area contributed by atoms with Gasteiger partial charge >= 0.3 is 12.1 Å². The Morgan fingerprint density at radius 3 is 2.47 bits per heavy atom. The van der Waals surface area contributed by atoms with Crippen LogP contribution in [0.25, 0.3) is 0 Å². The molecule has 1 fully saturated rings. The topological polar surface area (TPSA) is 109 Å². The first-order valence-electron chi connectivity index (χ1n) is 11.5. The van der Waals surface area contributed by atoms with Crippen LogP contribution in [-0.2, 0) is 26.9 Å². The van der Waals surface area contributed by atoms with Crippen LogP contribution in [0.15, 0.2) is 42.5 Å². The normalized spacial score (nSPS) is 15.9. The molecule has 0 spiro atoms. The molecular formula is C26H27F3N2O5. The fraction of sp³-hybridized carbons (Fsp3) is 0.423. The van der Waals surface area contributed by atoms with Crippen molar-refractivity contribution in [3.63, 3.8) is 0 Å². The quantitative estimate of drug-likeness (QED) is 0.508. The van der Waals surface area contributed by atoms with Gasteiger partial charge in [-0.1, -0.05) is 37.5 Å². The molecule has 192 valence electrons. The SMILES string of the molecule is COC(=O)COc1ccccc1CC(O)(C(=O)Nc1ccc(C#N)c(C(F)(F)F)c1)C1CCCCC1. The number of benzene rings is 2. The first-order valence-corrected chi connectivity index (χ1v) is 11.5. The van der Waals surface area contributed by atoms with Crippen molar-refractivity contribution in [1.29, 1.82) is 5.26 Å². The van der Waals surface area contributed by atoms with Gasteiger partial charge in [0.1, 0.15) is 11.4 Å². The van der Waals surface area contributed by atoms with E-state index in [1.54, 1.807) is 24.3 Å². The number of para-hydroxylation sites is 1. The summed E-state index contributed by atoms with van der Waals surface area (Å²) in [6.45, 7) is -0.368. The number of methoxy groups -OCH3 is 1. The number of ether oxygens (including phenoxy) is 2. The molecule has 1 atom stereocenters. The third-order valence-corrected chi connectivity index (χ3v) is 6.38. The van der Waals surface area contributed by atoms with Crippen LogP contribution in [0.4, 0.5) is 18.9 Å². The molecule has 0 heterocycles. The van der Waals surface area contributed by atoms with E-state index in [1.807, 2.05) is 0 Å². The number of rotatable bonds is 8. The highest BCUT2D eigenvalue weighted by Gasteiger charge is 2.45. The lowest BCUT2D eigenvalue weighted by atomic mass is 9.73. The highest BCUT2D eigenvalue weighted by atomic mass is 19.4. The van der Waals surface area contributed by atoms with Gasteiger partial charge in [0, 0.05) is 12.1 Å². The maximum absolute atomic E-state index is 13.5. The molecule has 0 radical (unpaired) electrons. The van der Waals surface area contributed by atoms with Crippen molar-refractivity contribution in [2.75, 3.05) is 19.0 Å². The van der Waals surface area contributed by atoms with Crippen molar-refractivity contribution >= 4 is 17.6 Å². The lowest BCUT2D eigenvalue weighted by molar-refractivity contribution is -0.143. The van der Waals surface area contributed by atoms with E-state index in [0.717, 1.165) is 25.3 Å². The fourth-order valence-corrected chi connectivity index (χ4v) is 4.46. The van der Waals surface area contributed by atoms with Gasteiger partial charge in [-0.15, -0.1) is 0 Å². The second-order valence-corrected chi connectivity index (χ2v) is 8.73. The van der Waals surface area contributed by atoms with Crippen LogP contribution in [0.3, 0.4) is 0 Å². The molecule has 1 aliphatic carbocycles. The molecule has 1 amide bonds. The molecule has 36 heavy (non-hydrogen) atoms. The largest absolute Gasteiger partial charge is 0.482 e. The first-order chi connectivity index (χ1) is 17.1. The van der Waals surface area contributed by atoms with Crippen LogP contribution in [0.5, 0.6) is 5.75 Å². The molecule has 1 unspecified atom stereocenters. The molecule has 3 rings (SSSR count). The van der Waals surface area contributed by atoms with Gasteiger partial charge in [0.15, 0.2) is 6.61 Å². The number of hydrogen-bond acceptors (Lipinski definition) is 6. The second kappa shape index (κ2) is 11.4. The molecule has 1 aliphatic rings. The molecule has 0 aromatic heterocycles. The zero-order valence-corrected chi connectivity index (χ0v) is 19.7. The van der Waals surface area contributed by atoms with Crippen LogP contribution in [-0.4, -0.2) is 36.3 Å². The smallest absolute Gasteiger partial charge is 0.417 e. The van der Waals surface area contributed by atoms with Crippen molar-refractivity contribution in [3.05, 3.63) is 59.2 Å². The highest BCUT2D eigenvalue weighted by Crippen LogP contribution is 2.38. The molecular weight excluding hydrogens is 477 g/mol. The first kappa shape index (κ1) is 27.0. The molecule has 0 aliphatic heterocycles. The maximum Gasteiger partial charge on any atom is 0.417 e. The number of carbonyl (C=O) groups excluding carboxylic acids is 2. The van der Waals surface area contributed by atoms with Gasteiger partial charge in [0.25, 0.3) is 5.91 Å². The molecule has 2 N–H and O–H groups in total. The summed E-state index contributed by atoms with van der Waals surface area (Å²) < 4.78 is 50.3. The van der Waals surface area contributed by atoms with E-state index in [0.29, 0.717) is 24.5 Å². The number of carbonyl (C=O) groups is 2. The number of nitriles is 1. The van der Waals surface area contributed by atoms with E-state index in [4.69, 9.17) is 10.00 Å². The van der Waals surface area contributed by atoms with Gasteiger partial charge < -0.3 is 19.9 Å². The minimum Gasteiger partial charge on any atom is -0.482 e. The van der Waals surface area contributed by atoms with Gasteiger partial charge in [0.05, 0.1) is 24.3 Å². The van der Waals surface area contributed by atoms with E-state index in [-0.39, 0.29) is 24.5 Å². The summed E-state index contributed by atoms with van der Waals surface area (Å²) >= 11 is 0. The fourth-order valence-electron chi connectivity index (χ4n) is 4.46. The summed E-state index contributed by atoms with van der Waals surface area (Å²) in [6, 6.07) is 11.0. The van der Waals surface area contributed by atoms with Gasteiger partial charge in [0.2, 0.25) is 0 Å². The molecule has 0 bridgehead atoms.